The summed E-state index contributed by atoms with van der Waals surface area (Å²) in [5, 5.41) is 12.2. The first-order valence-electron chi connectivity index (χ1n) is 6.70. The van der Waals surface area contributed by atoms with E-state index in [9.17, 15) is 14.0 Å². The second-order valence-electron chi connectivity index (χ2n) is 5.01. The number of thioether (sulfide) groups is 1. The number of rotatable bonds is 6. The highest BCUT2D eigenvalue weighted by Crippen LogP contribution is 2.23. The van der Waals surface area contributed by atoms with Crippen molar-refractivity contribution >= 4 is 34.5 Å². The molecule has 5 nitrogen and oxygen atoms in total. The Bertz CT molecular complexity index is 714. The molecular formula is C15H17FN2O3S. The van der Waals surface area contributed by atoms with Crippen molar-refractivity contribution in [1.82, 2.24) is 10.3 Å². The fourth-order valence-corrected chi connectivity index (χ4v) is 2.89. The molecule has 0 aliphatic rings. The molecule has 0 fully saturated rings. The summed E-state index contributed by atoms with van der Waals surface area (Å²) < 4.78 is 13.4. The first-order chi connectivity index (χ1) is 10.4. The highest BCUT2D eigenvalue weighted by molar-refractivity contribution is 7.98. The molecule has 0 bridgehead atoms. The Morgan fingerprint density at radius 2 is 2.18 bits per heavy atom. The number of hydrogen-bond donors (Lipinski definition) is 3. The number of nitrogens with one attached hydrogen (secondary N) is 2. The van der Waals surface area contributed by atoms with Crippen LogP contribution >= 0.6 is 11.8 Å². The Morgan fingerprint density at radius 3 is 2.82 bits per heavy atom. The molecule has 0 spiro atoms. The zero-order valence-corrected chi connectivity index (χ0v) is 13.1. The Hall–Kier alpha value is -2.02. The van der Waals surface area contributed by atoms with E-state index in [4.69, 9.17) is 5.11 Å². The highest BCUT2D eigenvalue weighted by atomic mass is 32.2. The molecule has 2 rings (SSSR count). The lowest BCUT2D eigenvalue weighted by atomic mass is 10.1. The molecule has 22 heavy (non-hydrogen) atoms. The van der Waals surface area contributed by atoms with Gasteiger partial charge in [-0.15, -0.1) is 0 Å². The van der Waals surface area contributed by atoms with Crippen LogP contribution < -0.4 is 5.32 Å². The van der Waals surface area contributed by atoms with Crippen LogP contribution in [0.3, 0.4) is 0 Å². The summed E-state index contributed by atoms with van der Waals surface area (Å²) in [6, 6.07) is 3.41. The number of fused-ring (bicyclic) bond motifs is 1. The van der Waals surface area contributed by atoms with E-state index in [0.717, 1.165) is 11.2 Å². The van der Waals surface area contributed by atoms with E-state index in [0.29, 0.717) is 16.7 Å². The molecule has 7 heteroatoms. The second kappa shape index (κ2) is 6.83. The lowest BCUT2D eigenvalue weighted by Crippen LogP contribution is -2.43. The van der Waals surface area contributed by atoms with E-state index in [1.807, 2.05) is 0 Å². The van der Waals surface area contributed by atoms with E-state index >= 15 is 0 Å². The topological polar surface area (TPSA) is 82.2 Å². The maximum absolute atomic E-state index is 13.4. The predicted octanol–water partition coefficient (Wildman–Crippen LogP) is 2.09. The summed E-state index contributed by atoms with van der Waals surface area (Å²) >= 11 is 1.34. The molecule has 3 N–H and O–H groups in total. The number of carbonyl (C=O) groups excluding carboxylic acids is 1. The van der Waals surface area contributed by atoms with Crippen LogP contribution in [0.15, 0.2) is 18.2 Å². The van der Waals surface area contributed by atoms with Crippen molar-refractivity contribution in [1.29, 1.82) is 0 Å². The van der Waals surface area contributed by atoms with Gasteiger partial charge >= 0.3 is 5.97 Å². The number of aryl methyl sites for hydroxylation is 1. The van der Waals surface area contributed by atoms with Crippen LogP contribution in [0.25, 0.3) is 10.9 Å². The summed E-state index contributed by atoms with van der Waals surface area (Å²) in [5.74, 6) is -1.54. The lowest BCUT2D eigenvalue weighted by Gasteiger charge is -2.13. The quantitative estimate of drug-likeness (QED) is 0.760. The molecule has 0 saturated heterocycles. The number of H-pyrrole nitrogens is 1. The number of carboxylic acids is 1. The number of aromatic amines is 1. The number of halogens is 1. The van der Waals surface area contributed by atoms with Crippen LogP contribution in [0.4, 0.5) is 4.39 Å². The van der Waals surface area contributed by atoms with Gasteiger partial charge in [-0.05, 0) is 36.9 Å². The zero-order chi connectivity index (χ0) is 16.3. The van der Waals surface area contributed by atoms with Crippen molar-refractivity contribution in [2.75, 3.05) is 12.0 Å². The summed E-state index contributed by atoms with van der Waals surface area (Å²) in [5.41, 5.74) is 2.20. The molecule has 1 aromatic heterocycles. The number of aliphatic carboxylic acids is 1. The number of carboxylic acid groups (broad SMARTS) is 1. The van der Waals surface area contributed by atoms with Gasteiger partial charge in [-0.1, -0.05) is 0 Å². The van der Waals surface area contributed by atoms with Gasteiger partial charge in [0.05, 0.1) is 6.42 Å². The minimum absolute atomic E-state index is 0.00739. The first-order valence-corrected chi connectivity index (χ1v) is 8.09. The van der Waals surface area contributed by atoms with E-state index in [-0.39, 0.29) is 12.2 Å². The molecule has 1 amide bonds. The van der Waals surface area contributed by atoms with Gasteiger partial charge in [0.15, 0.2) is 0 Å². The van der Waals surface area contributed by atoms with Gasteiger partial charge in [-0.2, -0.15) is 11.8 Å². The molecule has 2 aromatic rings. The van der Waals surface area contributed by atoms with Gasteiger partial charge in [-0.3, -0.25) is 4.79 Å². The van der Waals surface area contributed by atoms with Crippen molar-refractivity contribution in [3.63, 3.8) is 0 Å². The molecule has 0 unspecified atom stereocenters. The summed E-state index contributed by atoms with van der Waals surface area (Å²) in [6.07, 6.45) is 1.78. The molecule has 118 valence electrons. The Balaban J connectivity index is 2.19. The Kier molecular flexibility index (Phi) is 5.07. The van der Waals surface area contributed by atoms with Crippen molar-refractivity contribution in [3.8, 4) is 0 Å². The fourth-order valence-electron chi connectivity index (χ4n) is 2.33. The maximum Gasteiger partial charge on any atom is 0.327 e. The van der Waals surface area contributed by atoms with Crippen LogP contribution in [-0.4, -0.2) is 40.0 Å². The third-order valence-electron chi connectivity index (χ3n) is 3.39. The molecular weight excluding hydrogens is 307 g/mol. The number of carbonyl (C=O) groups is 2. The van der Waals surface area contributed by atoms with E-state index in [1.54, 1.807) is 19.2 Å². The summed E-state index contributed by atoms with van der Waals surface area (Å²) in [6.45, 7) is 1.80. The number of hydrogen-bond acceptors (Lipinski definition) is 3. The average Bonchev–Trinajstić information content (AvgIpc) is 2.74. The molecule has 1 heterocycles. The zero-order valence-electron chi connectivity index (χ0n) is 12.3. The third kappa shape index (κ3) is 3.59. The van der Waals surface area contributed by atoms with E-state index < -0.39 is 17.9 Å². The molecule has 1 aromatic carbocycles. The van der Waals surface area contributed by atoms with Gasteiger partial charge < -0.3 is 15.4 Å². The number of aromatic nitrogens is 1. The monoisotopic (exact) mass is 324 g/mol. The van der Waals surface area contributed by atoms with Gasteiger partial charge in [0.1, 0.15) is 11.9 Å². The van der Waals surface area contributed by atoms with Crippen LogP contribution in [0.5, 0.6) is 0 Å². The first kappa shape index (κ1) is 16.4. The number of amides is 1. The molecule has 1 atom stereocenters. The lowest BCUT2D eigenvalue weighted by molar-refractivity contribution is -0.141. The van der Waals surface area contributed by atoms with Gasteiger partial charge in [0, 0.05) is 22.3 Å². The largest absolute Gasteiger partial charge is 0.480 e. The average molecular weight is 324 g/mol. The van der Waals surface area contributed by atoms with E-state index in [2.05, 4.69) is 10.3 Å². The van der Waals surface area contributed by atoms with Crippen molar-refractivity contribution in [2.45, 2.75) is 19.4 Å². The Labute approximate surface area is 131 Å². The van der Waals surface area contributed by atoms with Crippen LogP contribution in [0, 0.1) is 12.7 Å². The predicted molar refractivity (Wildman–Crippen MR) is 84.6 cm³/mol. The molecule has 0 radical (unpaired) electrons. The summed E-state index contributed by atoms with van der Waals surface area (Å²) in [7, 11) is 0. The third-order valence-corrected chi connectivity index (χ3v) is 4.05. The van der Waals surface area contributed by atoms with Crippen molar-refractivity contribution in [2.24, 2.45) is 0 Å². The maximum atomic E-state index is 13.4. The van der Waals surface area contributed by atoms with Gasteiger partial charge in [0.2, 0.25) is 5.91 Å². The SMILES string of the molecule is CSC[C@H](NC(=O)Cc1c(C)[nH]c2ccc(F)cc12)C(=O)O. The van der Waals surface area contributed by atoms with Crippen LogP contribution in [0.1, 0.15) is 11.3 Å². The highest BCUT2D eigenvalue weighted by Gasteiger charge is 2.20. The molecule has 0 saturated carbocycles. The van der Waals surface area contributed by atoms with Gasteiger partial charge in [-0.25, -0.2) is 9.18 Å². The summed E-state index contributed by atoms with van der Waals surface area (Å²) in [4.78, 5) is 26.3. The molecule has 0 aliphatic heterocycles. The molecule has 0 aliphatic carbocycles. The van der Waals surface area contributed by atoms with E-state index in [1.165, 1.54) is 23.9 Å². The fraction of sp³-hybridized carbons (Fsp3) is 0.333. The second-order valence-corrected chi connectivity index (χ2v) is 5.92. The van der Waals surface area contributed by atoms with Gasteiger partial charge in [0.25, 0.3) is 0 Å². The van der Waals surface area contributed by atoms with Crippen molar-refractivity contribution in [3.05, 3.63) is 35.3 Å². The normalized spacial score (nSPS) is 12.3. The Morgan fingerprint density at radius 1 is 1.45 bits per heavy atom. The smallest absolute Gasteiger partial charge is 0.327 e. The minimum Gasteiger partial charge on any atom is -0.480 e. The number of benzene rings is 1. The minimum atomic E-state index is -1.07. The van der Waals surface area contributed by atoms with Crippen molar-refractivity contribution < 1.29 is 19.1 Å². The van der Waals surface area contributed by atoms with Crippen LogP contribution in [-0.2, 0) is 16.0 Å². The standard InChI is InChI=1S/C15H17FN2O3S/c1-8-10(11-5-9(16)3-4-12(11)17-8)6-14(19)18-13(7-22-2)15(20)21/h3-5,13,17H,6-7H2,1-2H3,(H,18,19)(H,20,21)/t13-/m0/s1. The van der Waals surface area contributed by atoms with Crippen LogP contribution in [0.2, 0.25) is 0 Å².